The number of sulfonamides is 1. The highest BCUT2D eigenvalue weighted by atomic mass is 35.5. The second-order valence-electron chi connectivity index (χ2n) is 4.02. The molecule has 0 aliphatic heterocycles. The van der Waals surface area contributed by atoms with Crippen molar-refractivity contribution >= 4 is 33.0 Å². The lowest BCUT2D eigenvalue weighted by molar-refractivity contribution is -0.384. The first-order valence-corrected chi connectivity index (χ1v) is 7.41. The van der Waals surface area contributed by atoms with Crippen molar-refractivity contribution in [2.24, 2.45) is 0 Å². The number of nitro groups is 1. The fraction of sp³-hybridized carbons (Fsp3) is 0. The Morgan fingerprint density at radius 3 is 2.48 bits per heavy atom. The minimum atomic E-state index is -3.96. The number of phenols is 1. The molecule has 110 valence electrons. The summed E-state index contributed by atoms with van der Waals surface area (Å²) in [7, 11) is -3.96. The molecule has 0 amide bonds. The van der Waals surface area contributed by atoms with Crippen molar-refractivity contribution < 1.29 is 18.4 Å². The average Bonchev–Trinajstić information content (AvgIpc) is 2.40. The van der Waals surface area contributed by atoms with E-state index < -0.39 is 20.7 Å². The summed E-state index contributed by atoms with van der Waals surface area (Å²) in [6.07, 6.45) is 0. The summed E-state index contributed by atoms with van der Waals surface area (Å²) < 4.78 is 26.4. The molecular formula is C12H9ClN2O5S. The van der Waals surface area contributed by atoms with Gasteiger partial charge in [-0.05, 0) is 24.3 Å². The van der Waals surface area contributed by atoms with Crippen LogP contribution in [0.5, 0.6) is 5.75 Å². The zero-order valence-corrected chi connectivity index (χ0v) is 11.9. The first-order chi connectivity index (χ1) is 9.79. The summed E-state index contributed by atoms with van der Waals surface area (Å²) in [6.45, 7) is 0. The molecule has 0 radical (unpaired) electrons. The van der Waals surface area contributed by atoms with Crippen LogP contribution < -0.4 is 4.72 Å². The predicted molar refractivity (Wildman–Crippen MR) is 77.0 cm³/mol. The summed E-state index contributed by atoms with van der Waals surface area (Å²) in [4.78, 5) is 9.76. The topological polar surface area (TPSA) is 110 Å². The van der Waals surface area contributed by atoms with E-state index in [0.717, 1.165) is 18.2 Å². The van der Waals surface area contributed by atoms with Crippen molar-refractivity contribution in [1.29, 1.82) is 0 Å². The minimum Gasteiger partial charge on any atom is -0.505 e. The van der Waals surface area contributed by atoms with Crippen molar-refractivity contribution in [3.05, 3.63) is 57.6 Å². The standard InChI is InChI=1S/C12H9ClN2O5S/c13-8-2-1-3-10(6-8)21(19,20)14-11-5-4-9(15(17)18)7-12(11)16/h1-7,14,16H. The SMILES string of the molecule is O=[N+]([O-])c1ccc(NS(=O)(=O)c2cccc(Cl)c2)c(O)c1. The van der Waals surface area contributed by atoms with Gasteiger partial charge in [0, 0.05) is 11.1 Å². The van der Waals surface area contributed by atoms with E-state index >= 15 is 0 Å². The number of nitrogens with one attached hydrogen (secondary N) is 1. The Hall–Kier alpha value is -2.32. The number of nitro benzene ring substituents is 1. The number of phenolic OH excluding ortho intramolecular Hbond substituents is 1. The molecule has 0 aliphatic carbocycles. The molecule has 0 aliphatic rings. The van der Waals surface area contributed by atoms with Crippen LogP contribution in [0.25, 0.3) is 0 Å². The number of rotatable bonds is 4. The largest absolute Gasteiger partial charge is 0.505 e. The third-order valence-corrected chi connectivity index (χ3v) is 4.14. The summed E-state index contributed by atoms with van der Waals surface area (Å²) in [5.41, 5.74) is -0.515. The molecule has 0 fully saturated rings. The van der Waals surface area contributed by atoms with Gasteiger partial charge in [-0.15, -0.1) is 0 Å². The van der Waals surface area contributed by atoms with Gasteiger partial charge in [0.15, 0.2) is 0 Å². The molecular weight excluding hydrogens is 320 g/mol. The van der Waals surface area contributed by atoms with Crippen molar-refractivity contribution in [1.82, 2.24) is 0 Å². The summed E-state index contributed by atoms with van der Waals surface area (Å²) in [6, 6.07) is 8.60. The molecule has 2 aromatic carbocycles. The van der Waals surface area contributed by atoms with Gasteiger partial charge in [0.25, 0.3) is 15.7 Å². The second kappa shape index (κ2) is 5.58. The number of aromatic hydroxyl groups is 1. The third kappa shape index (κ3) is 3.41. The van der Waals surface area contributed by atoms with E-state index in [0.29, 0.717) is 0 Å². The van der Waals surface area contributed by atoms with Crippen LogP contribution in [0.4, 0.5) is 11.4 Å². The molecule has 0 heterocycles. The fourth-order valence-corrected chi connectivity index (χ4v) is 2.93. The van der Waals surface area contributed by atoms with Gasteiger partial charge in [0.2, 0.25) is 0 Å². The van der Waals surface area contributed by atoms with Gasteiger partial charge in [-0.3, -0.25) is 14.8 Å². The molecule has 0 saturated heterocycles. The van der Waals surface area contributed by atoms with E-state index in [9.17, 15) is 23.6 Å². The lowest BCUT2D eigenvalue weighted by atomic mass is 10.2. The smallest absolute Gasteiger partial charge is 0.273 e. The van der Waals surface area contributed by atoms with Crippen LogP contribution in [0, 0.1) is 10.1 Å². The minimum absolute atomic E-state index is 0.0900. The maximum atomic E-state index is 12.1. The number of hydrogen-bond acceptors (Lipinski definition) is 5. The maximum Gasteiger partial charge on any atom is 0.273 e. The van der Waals surface area contributed by atoms with Crippen molar-refractivity contribution in [2.45, 2.75) is 4.90 Å². The van der Waals surface area contributed by atoms with E-state index in [1.807, 2.05) is 0 Å². The molecule has 0 spiro atoms. The maximum absolute atomic E-state index is 12.1. The van der Waals surface area contributed by atoms with Crippen molar-refractivity contribution in [3.8, 4) is 5.75 Å². The highest BCUT2D eigenvalue weighted by Crippen LogP contribution is 2.30. The molecule has 2 aromatic rings. The van der Waals surface area contributed by atoms with Crippen LogP contribution in [0.15, 0.2) is 47.4 Å². The first kappa shape index (κ1) is 15.1. The molecule has 2 N–H and O–H groups in total. The molecule has 9 heteroatoms. The molecule has 0 bridgehead atoms. The van der Waals surface area contributed by atoms with Crippen LogP contribution in [0.3, 0.4) is 0 Å². The molecule has 0 atom stereocenters. The summed E-state index contributed by atoms with van der Waals surface area (Å²) >= 11 is 5.72. The summed E-state index contributed by atoms with van der Waals surface area (Å²) in [5, 5.41) is 20.4. The molecule has 21 heavy (non-hydrogen) atoms. The highest BCUT2D eigenvalue weighted by Gasteiger charge is 2.18. The van der Waals surface area contributed by atoms with Gasteiger partial charge in [-0.1, -0.05) is 17.7 Å². The van der Waals surface area contributed by atoms with Crippen LogP contribution in [0.2, 0.25) is 5.02 Å². The number of benzene rings is 2. The normalized spacial score (nSPS) is 11.1. The van der Waals surface area contributed by atoms with Gasteiger partial charge in [-0.2, -0.15) is 0 Å². The Bertz CT molecular complexity index is 807. The quantitative estimate of drug-likeness (QED) is 0.509. The number of halogens is 1. The van der Waals surface area contributed by atoms with Crippen LogP contribution >= 0.6 is 11.6 Å². The van der Waals surface area contributed by atoms with Gasteiger partial charge in [0.05, 0.1) is 21.6 Å². The van der Waals surface area contributed by atoms with Crippen molar-refractivity contribution in [2.75, 3.05) is 4.72 Å². The van der Waals surface area contributed by atoms with E-state index in [1.54, 1.807) is 0 Å². The van der Waals surface area contributed by atoms with Gasteiger partial charge < -0.3 is 5.11 Å². The molecule has 2 rings (SSSR count). The second-order valence-corrected chi connectivity index (χ2v) is 6.14. The Kier molecular flexibility index (Phi) is 4.01. The van der Waals surface area contributed by atoms with E-state index in [-0.39, 0.29) is 21.3 Å². The Morgan fingerprint density at radius 1 is 1.19 bits per heavy atom. The number of hydrogen-bond donors (Lipinski definition) is 2. The fourth-order valence-electron chi connectivity index (χ4n) is 1.56. The van der Waals surface area contributed by atoms with E-state index in [1.165, 1.54) is 24.3 Å². The van der Waals surface area contributed by atoms with Crippen LogP contribution in [0.1, 0.15) is 0 Å². The van der Waals surface area contributed by atoms with Gasteiger partial charge >= 0.3 is 0 Å². The zero-order valence-electron chi connectivity index (χ0n) is 10.4. The molecule has 0 unspecified atom stereocenters. The van der Waals surface area contributed by atoms with Gasteiger partial charge in [-0.25, -0.2) is 8.42 Å². The number of anilines is 1. The zero-order chi connectivity index (χ0) is 15.6. The van der Waals surface area contributed by atoms with Crippen LogP contribution in [-0.2, 0) is 10.0 Å². The average molecular weight is 329 g/mol. The van der Waals surface area contributed by atoms with E-state index in [4.69, 9.17) is 11.6 Å². The highest BCUT2D eigenvalue weighted by molar-refractivity contribution is 7.92. The lowest BCUT2D eigenvalue weighted by Crippen LogP contribution is -2.13. The van der Waals surface area contributed by atoms with E-state index in [2.05, 4.69) is 4.72 Å². The number of nitrogens with zero attached hydrogens (tertiary/aromatic N) is 1. The predicted octanol–water partition coefficient (Wildman–Crippen LogP) is 2.75. The first-order valence-electron chi connectivity index (χ1n) is 5.55. The Morgan fingerprint density at radius 2 is 1.90 bits per heavy atom. The van der Waals surface area contributed by atoms with Crippen molar-refractivity contribution in [3.63, 3.8) is 0 Å². The third-order valence-electron chi connectivity index (χ3n) is 2.54. The van der Waals surface area contributed by atoms with Crippen LogP contribution in [-0.4, -0.2) is 18.4 Å². The summed E-state index contributed by atoms with van der Waals surface area (Å²) in [5.74, 6) is -0.546. The lowest BCUT2D eigenvalue weighted by Gasteiger charge is -2.09. The number of non-ortho nitro benzene ring substituents is 1. The molecule has 0 saturated carbocycles. The molecule has 7 nitrogen and oxygen atoms in total. The monoisotopic (exact) mass is 328 g/mol. The Balaban J connectivity index is 2.35. The Labute approximate surface area is 125 Å². The molecule has 0 aromatic heterocycles. The van der Waals surface area contributed by atoms with Gasteiger partial charge in [0.1, 0.15) is 5.75 Å².